The van der Waals surface area contributed by atoms with Crippen molar-refractivity contribution in [1.29, 1.82) is 0 Å². The number of hydrogen-bond donors (Lipinski definition) is 1. The molecule has 0 fully saturated rings. The van der Waals surface area contributed by atoms with Crippen molar-refractivity contribution in [2.45, 2.75) is 73.3 Å². The smallest absolute Gasteiger partial charge is 0.00927 e. The van der Waals surface area contributed by atoms with Crippen LogP contribution in [-0.2, 0) is 0 Å². The summed E-state index contributed by atoms with van der Waals surface area (Å²) in [6, 6.07) is 0.717. The Morgan fingerprint density at radius 3 is 2.13 bits per heavy atom. The van der Waals surface area contributed by atoms with E-state index in [9.17, 15) is 0 Å². The molecule has 0 spiro atoms. The minimum atomic E-state index is 0.472. The van der Waals surface area contributed by atoms with E-state index in [-0.39, 0.29) is 0 Å². The second-order valence-electron chi connectivity index (χ2n) is 6.05. The Morgan fingerprint density at radius 1 is 1.13 bits per heavy atom. The van der Waals surface area contributed by atoms with Gasteiger partial charge in [-0.1, -0.05) is 48.0 Å². The minimum Gasteiger partial charge on any atom is -0.314 e. The normalized spacial score (nSPS) is 16.4. The van der Waals surface area contributed by atoms with Crippen LogP contribution in [0.2, 0.25) is 0 Å². The lowest BCUT2D eigenvalue weighted by molar-refractivity contribution is 0.283. The highest BCUT2D eigenvalue weighted by molar-refractivity contribution is 4.75. The second kappa shape index (κ2) is 7.27. The minimum absolute atomic E-state index is 0.472. The summed E-state index contributed by atoms with van der Waals surface area (Å²) in [5.41, 5.74) is 0.472. The van der Waals surface area contributed by atoms with Crippen LogP contribution < -0.4 is 5.32 Å². The molecule has 92 valence electrons. The maximum absolute atomic E-state index is 3.69. The van der Waals surface area contributed by atoms with Crippen LogP contribution in [0.4, 0.5) is 0 Å². The molecule has 0 aliphatic carbocycles. The lowest BCUT2D eigenvalue weighted by atomic mass is 9.85. The summed E-state index contributed by atoms with van der Waals surface area (Å²) in [5.74, 6) is 0.805. The van der Waals surface area contributed by atoms with Gasteiger partial charge in [0.2, 0.25) is 0 Å². The Balaban J connectivity index is 4.01. The van der Waals surface area contributed by atoms with E-state index in [1.54, 1.807) is 0 Å². The largest absolute Gasteiger partial charge is 0.314 e. The van der Waals surface area contributed by atoms with E-state index < -0.39 is 0 Å². The van der Waals surface area contributed by atoms with Crippen LogP contribution in [0.3, 0.4) is 0 Å². The van der Waals surface area contributed by atoms with Gasteiger partial charge in [-0.15, -0.1) is 0 Å². The monoisotopic (exact) mass is 213 g/mol. The molecule has 0 rings (SSSR count). The third-order valence-corrected chi connectivity index (χ3v) is 3.19. The molecule has 1 N–H and O–H groups in total. The summed E-state index contributed by atoms with van der Waals surface area (Å²) in [4.78, 5) is 0. The highest BCUT2D eigenvalue weighted by atomic mass is 14.9. The molecule has 1 heteroatoms. The lowest BCUT2D eigenvalue weighted by Crippen LogP contribution is -2.36. The van der Waals surface area contributed by atoms with Crippen molar-refractivity contribution in [1.82, 2.24) is 5.32 Å². The van der Waals surface area contributed by atoms with Gasteiger partial charge in [-0.2, -0.15) is 0 Å². The Bertz CT molecular complexity index is 146. The molecule has 2 unspecified atom stereocenters. The molecule has 0 radical (unpaired) electrons. The molecule has 0 aliphatic rings. The molecule has 15 heavy (non-hydrogen) atoms. The van der Waals surface area contributed by atoms with Gasteiger partial charge in [0.25, 0.3) is 0 Å². The maximum atomic E-state index is 3.69. The summed E-state index contributed by atoms with van der Waals surface area (Å²) < 4.78 is 0. The van der Waals surface area contributed by atoms with Gasteiger partial charge in [0.05, 0.1) is 0 Å². The van der Waals surface area contributed by atoms with E-state index in [1.165, 1.54) is 32.2 Å². The fourth-order valence-electron chi connectivity index (χ4n) is 1.79. The van der Waals surface area contributed by atoms with E-state index in [2.05, 4.69) is 46.9 Å². The Hall–Kier alpha value is -0.0400. The van der Waals surface area contributed by atoms with Gasteiger partial charge in [-0.05, 0) is 37.1 Å². The number of rotatable bonds is 7. The summed E-state index contributed by atoms with van der Waals surface area (Å²) in [6.07, 6.45) is 5.16. The van der Waals surface area contributed by atoms with Crippen molar-refractivity contribution in [3.05, 3.63) is 0 Å². The Morgan fingerprint density at radius 2 is 1.73 bits per heavy atom. The molecule has 0 aromatic heterocycles. The van der Waals surface area contributed by atoms with Gasteiger partial charge in [-0.25, -0.2) is 0 Å². The van der Waals surface area contributed by atoms with Gasteiger partial charge in [-0.3, -0.25) is 0 Å². The third kappa shape index (κ3) is 7.84. The molecule has 0 saturated carbocycles. The summed E-state index contributed by atoms with van der Waals surface area (Å²) in [6.45, 7) is 15.1. The zero-order valence-corrected chi connectivity index (χ0v) is 11.7. The van der Waals surface area contributed by atoms with Gasteiger partial charge >= 0.3 is 0 Å². The Labute approximate surface area is 97.0 Å². The zero-order valence-electron chi connectivity index (χ0n) is 11.7. The number of hydrogen-bond acceptors (Lipinski definition) is 1. The molecule has 0 heterocycles. The van der Waals surface area contributed by atoms with Gasteiger partial charge < -0.3 is 5.32 Å². The maximum Gasteiger partial charge on any atom is 0.00927 e. The SMILES string of the molecule is CCCNC(CCC(C)(C)C)C(C)CC. The van der Waals surface area contributed by atoms with E-state index in [0.717, 1.165) is 5.92 Å². The van der Waals surface area contributed by atoms with Crippen LogP contribution in [0.5, 0.6) is 0 Å². The molecule has 0 amide bonds. The number of nitrogens with one attached hydrogen (secondary N) is 1. The second-order valence-corrected chi connectivity index (χ2v) is 6.05. The molecule has 0 saturated heterocycles. The highest BCUT2D eigenvalue weighted by Gasteiger charge is 2.18. The van der Waals surface area contributed by atoms with Gasteiger partial charge in [0, 0.05) is 6.04 Å². The van der Waals surface area contributed by atoms with Crippen molar-refractivity contribution in [2.24, 2.45) is 11.3 Å². The van der Waals surface area contributed by atoms with E-state index in [1.807, 2.05) is 0 Å². The Kier molecular flexibility index (Phi) is 7.25. The van der Waals surface area contributed by atoms with Crippen LogP contribution in [0.25, 0.3) is 0 Å². The van der Waals surface area contributed by atoms with Crippen molar-refractivity contribution in [2.75, 3.05) is 6.54 Å². The molecular weight excluding hydrogens is 182 g/mol. The van der Waals surface area contributed by atoms with Crippen molar-refractivity contribution in [3.8, 4) is 0 Å². The van der Waals surface area contributed by atoms with Crippen LogP contribution in [0.1, 0.15) is 67.2 Å². The standard InChI is InChI=1S/C14H31N/c1-7-11-15-13(12(3)8-2)9-10-14(4,5)6/h12-13,15H,7-11H2,1-6H3. The summed E-state index contributed by atoms with van der Waals surface area (Å²) in [5, 5.41) is 3.69. The third-order valence-electron chi connectivity index (χ3n) is 3.19. The molecular formula is C14H31N. The fraction of sp³-hybridized carbons (Fsp3) is 1.00. The highest BCUT2D eigenvalue weighted by Crippen LogP contribution is 2.24. The first-order valence-corrected chi connectivity index (χ1v) is 6.64. The van der Waals surface area contributed by atoms with E-state index >= 15 is 0 Å². The molecule has 0 aliphatic heterocycles. The predicted molar refractivity (Wildman–Crippen MR) is 70.2 cm³/mol. The zero-order chi connectivity index (χ0) is 11.9. The van der Waals surface area contributed by atoms with Crippen molar-refractivity contribution in [3.63, 3.8) is 0 Å². The molecule has 0 bridgehead atoms. The van der Waals surface area contributed by atoms with E-state index in [0.29, 0.717) is 11.5 Å². The average Bonchev–Trinajstić information content (AvgIpc) is 2.15. The van der Waals surface area contributed by atoms with Crippen LogP contribution in [0, 0.1) is 11.3 Å². The van der Waals surface area contributed by atoms with Crippen LogP contribution in [-0.4, -0.2) is 12.6 Å². The summed E-state index contributed by atoms with van der Waals surface area (Å²) in [7, 11) is 0. The van der Waals surface area contributed by atoms with Crippen molar-refractivity contribution < 1.29 is 0 Å². The van der Waals surface area contributed by atoms with E-state index in [4.69, 9.17) is 0 Å². The van der Waals surface area contributed by atoms with Gasteiger partial charge in [0.15, 0.2) is 0 Å². The first-order valence-electron chi connectivity index (χ1n) is 6.64. The van der Waals surface area contributed by atoms with Crippen LogP contribution in [0.15, 0.2) is 0 Å². The average molecular weight is 213 g/mol. The first-order chi connectivity index (χ1) is 6.90. The lowest BCUT2D eigenvalue weighted by Gasteiger charge is -2.28. The molecule has 1 nitrogen and oxygen atoms in total. The van der Waals surface area contributed by atoms with Gasteiger partial charge in [0.1, 0.15) is 0 Å². The molecule has 0 aromatic carbocycles. The predicted octanol–water partition coefficient (Wildman–Crippen LogP) is 4.23. The summed E-state index contributed by atoms with van der Waals surface area (Å²) >= 11 is 0. The van der Waals surface area contributed by atoms with Crippen molar-refractivity contribution >= 4 is 0 Å². The topological polar surface area (TPSA) is 12.0 Å². The molecule has 2 atom stereocenters. The first kappa shape index (κ1) is 15.0. The quantitative estimate of drug-likeness (QED) is 0.667. The molecule has 0 aromatic rings. The fourth-order valence-corrected chi connectivity index (χ4v) is 1.79. The van der Waals surface area contributed by atoms with Crippen LogP contribution >= 0.6 is 0 Å².